The number of hydrogen-bond acceptors (Lipinski definition) is 3. The van der Waals surface area contributed by atoms with E-state index in [1.54, 1.807) is 12.1 Å². The standard InChI is InChI=1S/C9H10O3S/c10-9(11)5-6-12-7-3-1-2-4-8(7)13/h1-4,13H,5-6H2,(H,10,11). The number of para-hydroxylation sites is 1. The highest BCUT2D eigenvalue weighted by Gasteiger charge is 2.00. The van der Waals surface area contributed by atoms with Crippen molar-refractivity contribution in [2.45, 2.75) is 11.3 Å². The third-order valence-electron chi connectivity index (χ3n) is 1.44. The van der Waals surface area contributed by atoms with Crippen LogP contribution >= 0.6 is 12.6 Å². The normalized spacial score (nSPS) is 9.62. The third kappa shape index (κ3) is 3.38. The van der Waals surface area contributed by atoms with Gasteiger partial charge in [-0.05, 0) is 12.1 Å². The summed E-state index contributed by atoms with van der Waals surface area (Å²) in [5, 5.41) is 8.36. The van der Waals surface area contributed by atoms with E-state index in [1.807, 2.05) is 12.1 Å². The van der Waals surface area contributed by atoms with E-state index < -0.39 is 5.97 Å². The summed E-state index contributed by atoms with van der Waals surface area (Å²) in [6.45, 7) is 0.174. The largest absolute Gasteiger partial charge is 0.492 e. The molecule has 70 valence electrons. The topological polar surface area (TPSA) is 46.5 Å². The molecule has 1 aromatic carbocycles. The van der Waals surface area contributed by atoms with Crippen molar-refractivity contribution in [2.24, 2.45) is 0 Å². The van der Waals surface area contributed by atoms with Crippen LogP contribution in [0.5, 0.6) is 5.75 Å². The Hall–Kier alpha value is -1.16. The molecule has 0 aromatic heterocycles. The molecule has 1 N–H and O–H groups in total. The van der Waals surface area contributed by atoms with E-state index in [0.717, 1.165) is 0 Å². The Balaban J connectivity index is 2.45. The second-order valence-corrected chi connectivity index (χ2v) is 2.94. The van der Waals surface area contributed by atoms with E-state index in [0.29, 0.717) is 10.6 Å². The van der Waals surface area contributed by atoms with Crippen LogP contribution in [0, 0.1) is 0 Å². The van der Waals surface area contributed by atoms with E-state index in [4.69, 9.17) is 9.84 Å². The van der Waals surface area contributed by atoms with Gasteiger partial charge in [0.05, 0.1) is 13.0 Å². The Morgan fingerprint density at radius 2 is 2.15 bits per heavy atom. The molecular formula is C9H10O3S. The van der Waals surface area contributed by atoms with Gasteiger partial charge in [-0.2, -0.15) is 0 Å². The molecule has 0 aliphatic carbocycles. The molecule has 0 saturated heterocycles. The van der Waals surface area contributed by atoms with Crippen LogP contribution in [-0.4, -0.2) is 17.7 Å². The number of benzene rings is 1. The molecule has 0 saturated carbocycles. The van der Waals surface area contributed by atoms with E-state index in [1.165, 1.54) is 0 Å². The quantitative estimate of drug-likeness (QED) is 0.725. The molecule has 13 heavy (non-hydrogen) atoms. The van der Waals surface area contributed by atoms with Gasteiger partial charge in [-0.1, -0.05) is 12.1 Å². The minimum Gasteiger partial charge on any atom is -0.492 e. The fourth-order valence-electron chi connectivity index (χ4n) is 0.828. The molecule has 0 aliphatic rings. The zero-order chi connectivity index (χ0) is 9.68. The van der Waals surface area contributed by atoms with Crippen LogP contribution in [0.1, 0.15) is 6.42 Å². The Labute approximate surface area is 81.8 Å². The molecule has 0 spiro atoms. The van der Waals surface area contributed by atoms with Crippen LogP contribution in [0.15, 0.2) is 29.2 Å². The highest BCUT2D eigenvalue weighted by molar-refractivity contribution is 7.80. The second-order valence-electron chi connectivity index (χ2n) is 2.46. The van der Waals surface area contributed by atoms with Gasteiger partial charge in [0.2, 0.25) is 0 Å². The summed E-state index contributed by atoms with van der Waals surface area (Å²) in [4.78, 5) is 10.9. The van der Waals surface area contributed by atoms with Gasteiger partial charge in [0.1, 0.15) is 5.75 Å². The van der Waals surface area contributed by atoms with Crippen molar-refractivity contribution in [3.8, 4) is 5.75 Å². The minimum absolute atomic E-state index is 0.00210. The smallest absolute Gasteiger partial charge is 0.306 e. The number of thiol groups is 1. The summed E-state index contributed by atoms with van der Waals surface area (Å²) < 4.78 is 5.19. The van der Waals surface area contributed by atoms with Crippen molar-refractivity contribution in [2.75, 3.05) is 6.61 Å². The van der Waals surface area contributed by atoms with Crippen LogP contribution in [0.25, 0.3) is 0 Å². The zero-order valence-electron chi connectivity index (χ0n) is 6.93. The van der Waals surface area contributed by atoms with Crippen molar-refractivity contribution in [3.63, 3.8) is 0 Å². The number of rotatable bonds is 4. The molecule has 0 aliphatic heterocycles. The van der Waals surface area contributed by atoms with Crippen LogP contribution in [0.2, 0.25) is 0 Å². The summed E-state index contributed by atoms with van der Waals surface area (Å²) >= 11 is 4.15. The monoisotopic (exact) mass is 198 g/mol. The van der Waals surface area contributed by atoms with Crippen LogP contribution in [0.4, 0.5) is 0 Å². The first-order valence-electron chi connectivity index (χ1n) is 3.83. The maximum absolute atomic E-state index is 10.2. The van der Waals surface area contributed by atoms with Crippen LogP contribution < -0.4 is 4.74 Å². The predicted octanol–water partition coefficient (Wildman–Crippen LogP) is 1.83. The van der Waals surface area contributed by atoms with Crippen molar-refractivity contribution in [3.05, 3.63) is 24.3 Å². The molecule has 0 fully saturated rings. The molecule has 3 nitrogen and oxygen atoms in total. The molecule has 1 aromatic rings. The molecular weight excluding hydrogens is 188 g/mol. The summed E-state index contributed by atoms with van der Waals surface area (Å²) in [5.41, 5.74) is 0. The van der Waals surface area contributed by atoms with E-state index >= 15 is 0 Å². The van der Waals surface area contributed by atoms with Crippen molar-refractivity contribution >= 4 is 18.6 Å². The van der Waals surface area contributed by atoms with Crippen LogP contribution in [0.3, 0.4) is 0 Å². The number of carboxylic acids is 1. The summed E-state index contributed by atoms with van der Waals surface area (Å²) in [6.07, 6.45) is 0.00210. The first-order valence-corrected chi connectivity index (χ1v) is 4.27. The summed E-state index contributed by atoms with van der Waals surface area (Å²) in [5.74, 6) is -0.247. The van der Waals surface area contributed by atoms with E-state index in [9.17, 15) is 4.79 Å². The summed E-state index contributed by atoms with van der Waals surface area (Å²) in [7, 11) is 0. The fraction of sp³-hybridized carbons (Fsp3) is 0.222. The molecule has 0 atom stereocenters. The lowest BCUT2D eigenvalue weighted by Gasteiger charge is -2.05. The van der Waals surface area contributed by atoms with Crippen LogP contribution in [-0.2, 0) is 4.79 Å². The Bertz CT molecular complexity index is 299. The number of carbonyl (C=O) groups is 1. The highest BCUT2D eigenvalue weighted by atomic mass is 32.1. The Morgan fingerprint density at radius 1 is 1.46 bits per heavy atom. The van der Waals surface area contributed by atoms with Gasteiger partial charge in [0.25, 0.3) is 0 Å². The molecule has 0 radical (unpaired) electrons. The van der Waals surface area contributed by atoms with Gasteiger partial charge in [-0.25, -0.2) is 0 Å². The summed E-state index contributed by atoms with van der Waals surface area (Å²) in [6, 6.07) is 7.20. The predicted molar refractivity (Wildman–Crippen MR) is 51.4 cm³/mol. The minimum atomic E-state index is -0.864. The van der Waals surface area contributed by atoms with Gasteiger partial charge in [0, 0.05) is 4.90 Å². The number of ether oxygens (including phenoxy) is 1. The van der Waals surface area contributed by atoms with E-state index in [-0.39, 0.29) is 13.0 Å². The van der Waals surface area contributed by atoms with Crippen molar-refractivity contribution in [1.29, 1.82) is 0 Å². The van der Waals surface area contributed by atoms with Crippen molar-refractivity contribution in [1.82, 2.24) is 0 Å². The first-order chi connectivity index (χ1) is 6.20. The molecule has 0 heterocycles. The molecule has 1 rings (SSSR count). The number of hydrogen-bond donors (Lipinski definition) is 2. The molecule has 0 bridgehead atoms. The highest BCUT2D eigenvalue weighted by Crippen LogP contribution is 2.21. The maximum atomic E-state index is 10.2. The Morgan fingerprint density at radius 3 is 2.77 bits per heavy atom. The SMILES string of the molecule is O=C(O)CCOc1ccccc1S. The molecule has 0 unspecified atom stereocenters. The second kappa shape index (κ2) is 4.77. The van der Waals surface area contributed by atoms with Gasteiger partial charge < -0.3 is 9.84 Å². The average molecular weight is 198 g/mol. The Kier molecular flexibility index (Phi) is 3.64. The van der Waals surface area contributed by atoms with Gasteiger partial charge in [-0.15, -0.1) is 12.6 Å². The lowest BCUT2D eigenvalue weighted by Crippen LogP contribution is -2.04. The average Bonchev–Trinajstić information content (AvgIpc) is 2.08. The number of aliphatic carboxylic acids is 1. The lowest BCUT2D eigenvalue weighted by atomic mass is 10.3. The fourth-order valence-corrected chi connectivity index (χ4v) is 1.05. The van der Waals surface area contributed by atoms with Gasteiger partial charge in [0.15, 0.2) is 0 Å². The first kappa shape index (κ1) is 9.92. The zero-order valence-corrected chi connectivity index (χ0v) is 7.83. The maximum Gasteiger partial charge on any atom is 0.306 e. The third-order valence-corrected chi connectivity index (χ3v) is 1.81. The van der Waals surface area contributed by atoms with Gasteiger partial charge in [-0.3, -0.25) is 4.79 Å². The lowest BCUT2D eigenvalue weighted by molar-refractivity contribution is -0.137. The molecule has 0 amide bonds. The number of carboxylic acid groups (broad SMARTS) is 1. The van der Waals surface area contributed by atoms with E-state index in [2.05, 4.69) is 12.6 Å². The van der Waals surface area contributed by atoms with Crippen molar-refractivity contribution < 1.29 is 14.6 Å². The molecule has 4 heteroatoms. The van der Waals surface area contributed by atoms with Gasteiger partial charge >= 0.3 is 5.97 Å².